The van der Waals surface area contributed by atoms with E-state index < -0.39 is 0 Å². The first-order valence-electron chi connectivity index (χ1n) is 12.6. The predicted octanol–water partition coefficient (Wildman–Crippen LogP) is 7.43. The van der Waals surface area contributed by atoms with Gasteiger partial charge in [0.25, 0.3) is 0 Å². The van der Waals surface area contributed by atoms with Gasteiger partial charge < -0.3 is 10.1 Å². The SMILES string of the molecule is CCCCCCCCC(CCCCCC)COC(=O)CCNCCCCCC. The van der Waals surface area contributed by atoms with Gasteiger partial charge in [0, 0.05) is 6.54 Å². The van der Waals surface area contributed by atoms with Gasteiger partial charge in [0.2, 0.25) is 0 Å². The number of esters is 1. The van der Waals surface area contributed by atoms with Crippen molar-refractivity contribution in [1.29, 1.82) is 0 Å². The molecule has 0 aliphatic rings. The maximum absolute atomic E-state index is 12.0. The van der Waals surface area contributed by atoms with Crippen molar-refractivity contribution in [2.45, 2.75) is 130 Å². The quantitative estimate of drug-likeness (QED) is 0.152. The molecule has 1 unspecified atom stereocenters. The summed E-state index contributed by atoms with van der Waals surface area (Å²) in [6, 6.07) is 0. The van der Waals surface area contributed by atoms with Gasteiger partial charge in [0.15, 0.2) is 0 Å². The highest BCUT2D eigenvalue weighted by Gasteiger charge is 2.12. The van der Waals surface area contributed by atoms with E-state index in [1.807, 2.05) is 0 Å². The Bertz CT molecular complexity index is 320. The smallest absolute Gasteiger partial charge is 0.307 e. The van der Waals surface area contributed by atoms with E-state index in [4.69, 9.17) is 4.74 Å². The highest BCUT2D eigenvalue weighted by atomic mass is 16.5. The number of ether oxygens (including phenoxy) is 1. The second-order valence-corrected chi connectivity index (χ2v) is 8.52. The lowest BCUT2D eigenvalue weighted by Crippen LogP contribution is -2.22. The van der Waals surface area contributed by atoms with Crippen molar-refractivity contribution < 1.29 is 9.53 Å². The van der Waals surface area contributed by atoms with Crippen LogP contribution in [0.15, 0.2) is 0 Å². The lowest BCUT2D eigenvalue weighted by molar-refractivity contribution is -0.145. The van der Waals surface area contributed by atoms with E-state index in [-0.39, 0.29) is 5.97 Å². The zero-order valence-corrected chi connectivity index (χ0v) is 19.5. The first kappa shape index (κ1) is 27.4. The summed E-state index contributed by atoms with van der Waals surface area (Å²) >= 11 is 0. The highest BCUT2D eigenvalue weighted by Crippen LogP contribution is 2.19. The van der Waals surface area contributed by atoms with Crippen molar-refractivity contribution in [3.8, 4) is 0 Å². The molecule has 28 heavy (non-hydrogen) atoms. The molecule has 0 aromatic carbocycles. The minimum absolute atomic E-state index is 0.0254. The lowest BCUT2D eigenvalue weighted by Gasteiger charge is -2.17. The van der Waals surface area contributed by atoms with Crippen molar-refractivity contribution in [3.63, 3.8) is 0 Å². The molecule has 0 rings (SSSR count). The van der Waals surface area contributed by atoms with Crippen LogP contribution in [-0.2, 0) is 9.53 Å². The first-order valence-corrected chi connectivity index (χ1v) is 12.6. The number of carbonyl (C=O) groups excluding carboxylic acids is 1. The molecule has 0 aromatic rings. The Hall–Kier alpha value is -0.570. The van der Waals surface area contributed by atoms with E-state index in [1.54, 1.807) is 0 Å². The van der Waals surface area contributed by atoms with Gasteiger partial charge in [-0.2, -0.15) is 0 Å². The second-order valence-electron chi connectivity index (χ2n) is 8.52. The number of hydrogen-bond donors (Lipinski definition) is 1. The lowest BCUT2D eigenvalue weighted by atomic mass is 9.95. The second kappa shape index (κ2) is 22.7. The molecule has 0 spiro atoms. The summed E-state index contributed by atoms with van der Waals surface area (Å²) in [6.07, 6.45) is 21.3. The minimum Gasteiger partial charge on any atom is -0.465 e. The zero-order valence-electron chi connectivity index (χ0n) is 19.5. The van der Waals surface area contributed by atoms with Gasteiger partial charge in [-0.05, 0) is 31.7 Å². The van der Waals surface area contributed by atoms with Crippen molar-refractivity contribution in [2.75, 3.05) is 19.7 Å². The number of hydrogen-bond acceptors (Lipinski definition) is 3. The number of nitrogens with one attached hydrogen (secondary N) is 1. The van der Waals surface area contributed by atoms with Crippen LogP contribution in [0.1, 0.15) is 130 Å². The average Bonchev–Trinajstić information content (AvgIpc) is 2.70. The third kappa shape index (κ3) is 20.2. The average molecular weight is 398 g/mol. The topological polar surface area (TPSA) is 38.3 Å². The van der Waals surface area contributed by atoms with Gasteiger partial charge in [0.1, 0.15) is 0 Å². The molecule has 0 aromatic heterocycles. The summed E-state index contributed by atoms with van der Waals surface area (Å²) in [7, 11) is 0. The molecular weight excluding hydrogens is 346 g/mol. The Labute approximate surface area is 176 Å². The van der Waals surface area contributed by atoms with Gasteiger partial charge in [-0.3, -0.25) is 4.79 Å². The summed E-state index contributed by atoms with van der Waals surface area (Å²) in [5, 5.41) is 3.37. The fourth-order valence-corrected chi connectivity index (χ4v) is 3.66. The van der Waals surface area contributed by atoms with Gasteiger partial charge in [-0.25, -0.2) is 0 Å². The summed E-state index contributed by atoms with van der Waals surface area (Å²) in [5.74, 6) is 0.538. The highest BCUT2D eigenvalue weighted by molar-refractivity contribution is 5.69. The van der Waals surface area contributed by atoms with Crippen LogP contribution in [0.4, 0.5) is 0 Å². The number of unbranched alkanes of at least 4 members (excludes halogenated alkanes) is 11. The Morgan fingerprint density at radius 2 is 1.18 bits per heavy atom. The maximum atomic E-state index is 12.0. The molecule has 0 aliphatic carbocycles. The molecule has 0 bridgehead atoms. The summed E-state index contributed by atoms with van der Waals surface area (Å²) in [6.45, 7) is 9.16. The number of carbonyl (C=O) groups is 1. The fraction of sp³-hybridized carbons (Fsp3) is 0.960. The van der Waals surface area contributed by atoms with E-state index in [1.165, 1.54) is 103 Å². The third-order valence-electron chi connectivity index (χ3n) is 5.62. The standard InChI is InChI=1S/C25H51NO2/c1-4-7-10-13-14-16-19-24(18-15-11-8-5-2)23-28-25(27)20-22-26-21-17-12-9-6-3/h24,26H,4-23H2,1-3H3. The molecular formula is C25H51NO2. The molecule has 0 radical (unpaired) electrons. The van der Waals surface area contributed by atoms with Gasteiger partial charge in [-0.15, -0.1) is 0 Å². The van der Waals surface area contributed by atoms with Gasteiger partial charge >= 0.3 is 5.97 Å². The van der Waals surface area contributed by atoms with Gasteiger partial charge in [-0.1, -0.05) is 104 Å². The van der Waals surface area contributed by atoms with E-state index in [0.717, 1.165) is 13.1 Å². The molecule has 1 N–H and O–H groups in total. The molecule has 168 valence electrons. The van der Waals surface area contributed by atoms with Crippen LogP contribution in [0.25, 0.3) is 0 Å². The van der Waals surface area contributed by atoms with Crippen molar-refractivity contribution >= 4 is 5.97 Å². The van der Waals surface area contributed by atoms with Crippen LogP contribution >= 0.6 is 0 Å². The van der Waals surface area contributed by atoms with Crippen LogP contribution in [0, 0.1) is 5.92 Å². The minimum atomic E-state index is -0.0254. The van der Waals surface area contributed by atoms with Crippen LogP contribution in [-0.4, -0.2) is 25.7 Å². The summed E-state index contributed by atoms with van der Waals surface area (Å²) in [5.41, 5.74) is 0. The molecule has 3 heteroatoms. The van der Waals surface area contributed by atoms with Crippen LogP contribution in [0.3, 0.4) is 0 Å². The normalized spacial score (nSPS) is 12.2. The maximum Gasteiger partial charge on any atom is 0.307 e. The van der Waals surface area contributed by atoms with Crippen molar-refractivity contribution in [2.24, 2.45) is 5.92 Å². The molecule has 0 saturated heterocycles. The van der Waals surface area contributed by atoms with E-state index in [0.29, 0.717) is 18.9 Å². The van der Waals surface area contributed by atoms with Crippen molar-refractivity contribution in [1.82, 2.24) is 5.32 Å². The molecule has 0 fully saturated rings. The summed E-state index contributed by atoms with van der Waals surface area (Å²) in [4.78, 5) is 12.0. The van der Waals surface area contributed by atoms with Crippen LogP contribution < -0.4 is 5.32 Å². The van der Waals surface area contributed by atoms with E-state index >= 15 is 0 Å². The van der Waals surface area contributed by atoms with Crippen LogP contribution in [0.5, 0.6) is 0 Å². The molecule has 3 nitrogen and oxygen atoms in total. The predicted molar refractivity (Wildman–Crippen MR) is 123 cm³/mol. The van der Waals surface area contributed by atoms with Crippen LogP contribution in [0.2, 0.25) is 0 Å². The zero-order chi connectivity index (χ0) is 20.7. The first-order chi connectivity index (χ1) is 13.7. The largest absolute Gasteiger partial charge is 0.465 e. The Morgan fingerprint density at radius 1 is 0.679 bits per heavy atom. The Balaban J connectivity index is 3.87. The molecule has 0 saturated carbocycles. The van der Waals surface area contributed by atoms with Crippen molar-refractivity contribution in [3.05, 3.63) is 0 Å². The Morgan fingerprint density at radius 3 is 1.79 bits per heavy atom. The molecule has 0 amide bonds. The Kier molecular flexibility index (Phi) is 22.3. The number of rotatable bonds is 22. The molecule has 0 heterocycles. The van der Waals surface area contributed by atoms with Gasteiger partial charge in [0.05, 0.1) is 13.0 Å². The fourth-order valence-electron chi connectivity index (χ4n) is 3.66. The summed E-state index contributed by atoms with van der Waals surface area (Å²) < 4.78 is 5.62. The molecule has 0 aliphatic heterocycles. The monoisotopic (exact) mass is 397 g/mol. The van der Waals surface area contributed by atoms with E-state index in [9.17, 15) is 4.79 Å². The van der Waals surface area contributed by atoms with E-state index in [2.05, 4.69) is 26.1 Å². The third-order valence-corrected chi connectivity index (χ3v) is 5.62. The molecule has 1 atom stereocenters.